The molecule has 2 saturated heterocycles. The number of likely N-dealkylation sites (tertiary alicyclic amines) is 2. The zero-order valence-electron chi connectivity index (χ0n) is 15.3. The van der Waals surface area contributed by atoms with E-state index in [1.807, 2.05) is 25.7 Å². The van der Waals surface area contributed by atoms with Gasteiger partial charge in [-0.15, -0.1) is 0 Å². The molecule has 132 valence electrons. The summed E-state index contributed by atoms with van der Waals surface area (Å²) in [6.07, 6.45) is 3.24. The van der Waals surface area contributed by atoms with Crippen LogP contribution < -0.4 is 0 Å². The fraction of sp³-hybridized carbons (Fsp3) is 0.650. The van der Waals surface area contributed by atoms with Crippen LogP contribution in [0, 0.1) is 5.41 Å². The second-order valence-electron chi connectivity index (χ2n) is 8.45. The van der Waals surface area contributed by atoms with Gasteiger partial charge in [0.1, 0.15) is 5.60 Å². The Kier molecular flexibility index (Phi) is 4.86. The first kappa shape index (κ1) is 17.3. The molecular weight excluding hydrogens is 300 g/mol. The second-order valence-corrected chi connectivity index (χ2v) is 8.45. The fourth-order valence-electron chi connectivity index (χ4n) is 3.93. The van der Waals surface area contributed by atoms with Gasteiger partial charge >= 0.3 is 6.09 Å². The lowest BCUT2D eigenvalue weighted by Crippen LogP contribution is -2.55. The van der Waals surface area contributed by atoms with Crippen molar-refractivity contribution in [2.24, 2.45) is 5.41 Å². The monoisotopic (exact) mass is 330 g/mol. The second kappa shape index (κ2) is 6.75. The molecule has 2 fully saturated rings. The molecule has 1 spiro atoms. The Morgan fingerprint density at radius 3 is 2.50 bits per heavy atom. The van der Waals surface area contributed by atoms with E-state index in [1.165, 1.54) is 12.0 Å². The van der Waals surface area contributed by atoms with Crippen LogP contribution >= 0.6 is 0 Å². The molecule has 4 heteroatoms. The molecule has 0 atom stereocenters. The smallest absolute Gasteiger partial charge is 0.410 e. The summed E-state index contributed by atoms with van der Waals surface area (Å²) in [6.45, 7) is 10.8. The highest BCUT2D eigenvalue weighted by molar-refractivity contribution is 5.68. The summed E-state index contributed by atoms with van der Waals surface area (Å²) in [5.41, 5.74) is 1.38. The Bertz CT molecular complexity index is 559. The molecule has 0 aromatic heterocycles. The molecule has 2 aliphatic rings. The van der Waals surface area contributed by atoms with Crippen molar-refractivity contribution in [3.8, 4) is 0 Å². The number of hydrogen-bond donors (Lipinski definition) is 0. The number of carbonyl (C=O) groups is 1. The molecule has 4 nitrogen and oxygen atoms in total. The summed E-state index contributed by atoms with van der Waals surface area (Å²) in [5, 5.41) is 0. The first-order valence-electron chi connectivity index (χ1n) is 9.10. The van der Waals surface area contributed by atoms with E-state index in [2.05, 4.69) is 35.2 Å². The average Bonchev–Trinajstić information content (AvgIpc) is 2.69. The first-order chi connectivity index (χ1) is 11.4. The third kappa shape index (κ3) is 4.29. The molecular formula is C20H30N2O2. The highest BCUT2D eigenvalue weighted by Crippen LogP contribution is 2.41. The van der Waals surface area contributed by atoms with Gasteiger partial charge in [0.15, 0.2) is 0 Å². The Labute approximate surface area is 145 Å². The van der Waals surface area contributed by atoms with Crippen molar-refractivity contribution in [3.63, 3.8) is 0 Å². The summed E-state index contributed by atoms with van der Waals surface area (Å²) >= 11 is 0. The summed E-state index contributed by atoms with van der Waals surface area (Å²) in [6, 6.07) is 10.7. The van der Waals surface area contributed by atoms with E-state index in [0.29, 0.717) is 5.41 Å². The van der Waals surface area contributed by atoms with Crippen molar-refractivity contribution in [3.05, 3.63) is 35.9 Å². The molecule has 1 aromatic carbocycles. The van der Waals surface area contributed by atoms with E-state index >= 15 is 0 Å². The molecule has 1 aromatic rings. The van der Waals surface area contributed by atoms with Gasteiger partial charge in [0, 0.05) is 32.7 Å². The topological polar surface area (TPSA) is 32.8 Å². The maximum absolute atomic E-state index is 12.3. The number of hydrogen-bond acceptors (Lipinski definition) is 3. The lowest BCUT2D eigenvalue weighted by Gasteiger charge is -2.50. The minimum atomic E-state index is -0.413. The predicted octanol–water partition coefficient (Wildman–Crippen LogP) is 3.91. The predicted molar refractivity (Wildman–Crippen MR) is 95.8 cm³/mol. The van der Waals surface area contributed by atoms with E-state index < -0.39 is 5.60 Å². The van der Waals surface area contributed by atoms with Crippen molar-refractivity contribution in [2.45, 2.75) is 52.2 Å². The van der Waals surface area contributed by atoms with E-state index in [0.717, 1.165) is 45.6 Å². The Balaban J connectivity index is 1.49. The van der Waals surface area contributed by atoms with Crippen LogP contribution in [0.3, 0.4) is 0 Å². The van der Waals surface area contributed by atoms with Crippen LogP contribution in [-0.4, -0.2) is 47.7 Å². The van der Waals surface area contributed by atoms with Gasteiger partial charge in [0.25, 0.3) is 0 Å². The lowest BCUT2D eigenvalue weighted by molar-refractivity contribution is -0.0182. The van der Waals surface area contributed by atoms with Crippen LogP contribution in [0.2, 0.25) is 0 Å². The van der Waals surface area contributed by atoms with Gasteiger partial charge in [-0.2, -0.15) is 0 Å². The third-order valence-electron chi connectivity index (χ3n) is 5.07. The Hall–Kier alpha value is -1.55. The molecule has 0 aliphatic carbocycles. The van der Waals surface area contributed by atoms with Crippen molar-refractivity contribution >= 4 is 6.09 Å². The molecule has 0 unspecified atom stereocenters. The normalized spacial score (nSPS) is 21.2. The molecule has 24 heavy (non-hydrogen) atoms. The van der Waals surface area contributed by atoms with Gasteiger partial charge < -0.3 is 9.64 Å². The van der Waals surface area contributed by atoms with Crippen LogP contribution in [0.4, 0.5) is 4.79 Å². The van der Waals surface area contributed by atoms with Gasteiger partial charge in [0.2, 0.25) is 0 Å². The molecule has 1 amide bonds. The maximum Gasteiger partial charge on any atom is 0.410 e. The standard InChI is InChI=1S/C20H30N2O2/c1-19(2,3)24-18(23)22-12-7-10-20(11-13-22)15-21(16-20)14-17-8-5-4-6-9-17/h4-6,8-9H,7,10-16H2,1-3H3. The Morgan fingerprint density at radius 1 is 1.12 bits per heavy atom. The summed E-state index contributed by atoms with van der Waals surface area (Å²) in [5.74, 6) is 0. The molecule has 0 bridgehead atoms. The molecule has 3 rings (SSSR count). The minimum Gasteiger partial charge on any atom is -0.444 e. The van der Waals surface area contributed by atoms with Gasteiger partial charge in [0.05, 0.1) is 0 Å². The summed E-state index contributed by atoms with van der Waals surface area (Å²) < 4.78 is 5.53. The average molecular weight is 330 g/mol. The van der Waals surface area contributed by atoms with Crippen LogP contribution in [0.15, 0.2) is 30.3 Å². The number of nitrogens with zero attached hydrogens (tertiary/aromatic N) is 2. The number of rotatable bonds is 2. The molecule has 2 heterocycles. The van der Waals surface area contributed by atoms with E-state index in [9.17, 15) is 4.79 Å². The van der Waals surface area contributed by atoms with Crippen LogP contribution in [-0.2, 0) is 11.3 Å². The highest BCUT2D eigenvalue weighted by Gasteiger charge is 2.43. The molecule has 0 radical (unpaired) electrons. The zero-order valence-corrected chi connectivity index (χ0v) is 15.3. The highest BCUT2D eigenvalue weighted by atomic mass is 16.6. The van der Waals surface area contributed by atoms with Crippen LogP contribution in [0.25, 0.3) is 0 Å². The van der Waals surface area contributed by atoms with E-state index in [4.69, 9.17) is 4.74 Å². The fourth-order valence-corrected chi connectivity index (χ4v) is 3.93. The minimum absolute atomic E-state index is 0.153. The SMILES string of the molecule is CC(C)(C)OC(=O)N1CCCC2(CC1)CN(Cc1ccccc1)C2. The van der Waals surface area contributed by atoms with Crippen molar-refractivity contribution in [2.75, 3.05) is 26.2 Å². The molecule has 0 saturated carbocycles. The summed E-state index contributed by atoms with van der Waals surface area (Å²) in [4.78, 5) is 16.7. The van der Waals surface area contributed by atoms with Crippen molar-refractivity contribution in [1.29, 1.82) is 0 Å². The largest absolute Gasteiger partial charge is 0.444 e. The molecule has 0 N–H and O–H groups in total. The van der Waals surface area contributed by atoms with Gasteiger partial charge in [-0.1, -0.05) is 30.3 Å². The lowest BCUT2D eigenvalue weighted by atomic mass is 9.73. The van der Waals surface area contributed by atoms with E-state index in [-0.39, 0.29) is 6.09 Å². The van der Waals surface area contributed by atoms with Crippen LogP contribution in [0.1, 0.15) is 45.6 Å². The number of benzene rings is 1. The maximum atomic E-state index is 12.3. The van der Waals surface area contributed by atoms with Gasteiger partial charge in [-0.25, -0.2) is 4.79 Å². The number of ether oxygens (including phenoxy) is 1. The summed E-state index contributed by atoms with van der Waals surface area (Å²) in [7, 11) is 0. The van der Waals surface area contributed by atoms with Gasteiger partial charge in [-0.3, -0.25) is 4.90 Å². The first-order valence-corrected chi connectivity index (χ1v) is 9.10. The zero-order chi connectivity index (χ0) is 17.2. The van der Waals surface area contributed by atoms with Crippen molar-refractivity contribution < 1.29 is 9.53 Å². The third-order valence-corrected chi connectivity index (χ3v) is 5.07. The number of carbonyl (C=O) groups excluding carboxylic acids is 1. The van der Waals surface area contributed by atoms with E-state index in [1.54, 1.807) is 0 Å². The number of amides is 1. The van der Waals surface area contributed by atoms with Crippen molar-refractivity contribution in [1.82, 2.24) is 9.80 Å². The quantitative estimate of drug-likeness (QED) is 0.824. The molecule has 2 aliphatic heterocycles. The van der Waals surface area contributed by atoms with Gasteiger partial charge in [-0.05, 0) is 51.0 Å². The van der Waals surface area contributed by atoms with Crippen LogP contribution in [0.5, 0.6) is 0 Å². The Morgan fingerprint density at radius 2 is 1.83 bits per heavy atom.